The maximum absolute atomic E-state index is 9.42. The van der Waals surface area contributed by atoms with Crippen molar-refractivity contribution < 1.29 is 5.11 Å². The molecule has 0 unspecified atom stereocenters. The molecule has 5 nitrogen and oxygen atoms in total. The molecule has 1 aliphatic heterocycles. The Labute approximate surface area is 183 Å². The van der Waals surface area contributed by atoms with Crippen molar-refractivity contribution in [1.29, 1.82) is 0 Å². The molecule has 0 amide bonds. The van der Waals surface area contributed by atoms with E-state index in [0.29, 0.717) is 18.1 Å². The van der Waals surface area contributed by atoms with Crippen LogP contribution in [0.4, 0.5) is 0 Å². The molecule has 1 saturated heterocycles. The quantitative estimate of drug-likeness (QED) is 0.587. The fraction of sp³-hybridized carbons (Fsp3) is 0.333. The lowest BCUT2D eigenvalue weighted by atomic mass is 9.96. The van der Waals surface area contributed by atoms with Crippen molar-refractivity contribution >= 4 is 17.3 Å². The Balaban J connectivity index is 1.82. The number of nitrogens with one attached hydrogen (secondary N) is 1. The predicted octanol–water partition coefficient (Wildman–Crippen LogP) is 4.15. The highest BCUT2D eigenvalue weighted by atomic mass is 32.1. The molecule has 2 N–H and O–H groups in total. The van der Waals surface area contributed by atoms with Crippen LogP contribution in [0.2, 0.25) is 0 Å². The summed E-state index contributed by atoms with van der Waals surface area (Å²) < 4.78 is 2.31. The zero-order valence-electron chi connectivity index (χ0n) is 17.7. The molecule has 2 aromatic heterocycles. The van der Waals surface area contributed by atoms with Crippen LogP contribution in [0.15, 0.2) is 54.7 Å². The number of hydrogen-bond donors (Lipinski definition) is 2. The van der Waals surface area contributed by atoms with Crippen LogP contribution in [-0.4, -0.2) is 37.8 Å². The molecule has 1 aliphatic rings. The highest BCUT2D eigenvalue weighted by Gasteiger charge is 2.41. The van der Waals surface area contributed by atoms with Gasteiger partial charge in [-0.3, -0.25) is 4.98 Å². The smallest absolute Gasteiger partial charge is 0.170 e. The second kappa shape index (κ2) is 8.58. The van der Waals surface area contributed by atoms with Crippen molar-refractivity contribution in [3.8, 4) is 5.69 Å². The van der Waals surface area contributed by atoms with Gasteiger partial charge in [0, 0.05) is 36.4 Å². The van der Waals surface area contributed by atoms with E-state index < -0.39 is 0 Å². The third-order valence-electron chi connectivity index (χ3n) is 5.80. The molecular weight excluding hydrogens is 392 g/mol. The van der Waals surface area contributed by atoms with E-state index in [1.807, 2.05) is 24.4 Å². The van der Waals surface area contributed by atoms with Gasteiger partial charge in [0.2, 0.25) is 0 Å². The predicted molar refractivity (Wildman–Crippen MR) is 124 cm³/mol. The van der Waals surface area contributed by atoms with E-state index in [2.05, 4.69) is 70.9 Å². The molecule has 1 aromatic carbocycles. The van der Waals surface area contributed by atoms with Gasteiger partial charge < -0.3 is 19.9 Å². The average Bonchev–Trinajstić information content (AvgIpc) is 3.22. The van der Waals surface area contributed by atoms with Crippen LogP contribution >= 0.6 is 12.2 Å². The maximum Gasteiger partial charge on any atom is 0.170 e. The molecule has 0 radical (unpaired) electrons. The number of nitrogens with zero attached hydrogens (tertiary/aromatic N) is 3. The van der Waals surface area contributed by atoms with Crippen LogP contribution in [0, 0.1) is 20.8 Å². The number of thiocarbonyl (C=S) groups is 1. The minimum atomic E-state index is -0.0381. The second-order valence-corrected chi connectivity index (χ2v) is 8.28. The van der Waals surface area contributed by atoms with Gasteiger partial charge in [-0.1, -0.05) is 18.2 Å². The topological polar surface area (TPSA) is 53.3 Å². The third-order valence-corrected chi connectivity index (χ3v) is 6.16. The Hall–Kier alpha value is -2.70. The number of aliphatic hydroxyl groups is 1. The summed E-state index contributed by atoms with van der Waals surface area (Å²) in [5.74, 6) is 0. The lowest BCUT2D eigenvalue weighted by Crippen LogP contribution is -2.31. The van der Waals surface area contributed by atoms with Crippen molar-refractivity contribution in [2.75, 3.05) is 13.2 Å². The van der Waals surface area contributed by atoms with Gasteiger partial charge in [0.1, 0.15) is 0 Å². The van der Waals surface area contributed by atoms with E-state index >= 15 is 0 Å². The van der Waals surface area contributed by atoms with E-state index in [0.717, 1.165) is 5.69 Å². The lowest BCUT2D eigenvalue weighted by molar-refractivity contribution is 0.247. The standard InChI is InChI=1S/C24H28N4OS/c1-16-8-6-9-19(14-16)28-17(2)15-20(18(28)3)23-22(21-10-4-5-11-25-21)26-24(30)27(23)12-7-13-29/h4-6,8-11,14-15,22-23,29H,7,12-13H2,1-3H3,(H,26,30)/t22-,23-/m1/s1. The van der Waals surface area contributed by atoms with Gasteiger partial charge in [0.15, 0.2) is 5.11 Å². The normalized spacial score (nSPS) is 18.7. The van der Waals surface area contributed by atoms with Crippen LogP contribution in [0.3, 0.4) is 0 Å². The van der Waals surface area contributed by atoms with Gasteiger partial charge in [-0.05, 0) is 80.9 Å². The first-order chi connectivity index (χ1) is 14.5. The molecule has 0 saturated carbocycles. The molecule has 0 aliphatic carbocycles. The number of pyridine rings is 1. The van der Waals surface area contributed by atoms with Crippen LogP contribution in [0.25, 0.3) is 5.69 Å². The highest BCUT2D eigenvalue weighted by molar-refractivity contribution is 7.80. The van der Waals surface area contributed by atoms with Gasteiger partial charge in [0.25, 0.3) is 0 Å². The average molecular weight is 421 g/mol. The molecule has 4 rings (SSSR count). The summed E-state index contributed by atoms with van der Waals surface area (Å²) in [6, 6.07) is 16.8. The summed E-state index contributed by atoms with van der Waals surface area (Å²) in [6.45, 7) is 7.28. The zero-order chi connectivity index (χ0) is 21.3. The highest BCUT2D eigenvalue weighted by Crippen LogP contribution is 2.41. The Morgan fingerprint density at radius 3 is 2.63 bits per heavy atom. The van der Waals surface area contributed by atoms with Gasteiger partial charge in [0.05, 0.1) is 17.8 Å². The Morgan fingerprint density at radius 1 is 1.10 bits per heavy atom. The first-order valence-corrected chi connectivity index (χ1v) is 10.8. The molecule has 2 atom stereocenters. The van der Waals surface area contributed by atoms with Crippen LogP contribution in [0.5, 0.6) is 0 Å². The molecule has 3 heterocycles. The van der Waals surface area contributed by atoms with Crippen LogP contribution < -0.4 is 5.32 Å². The number of aromatic nitrogens is 2. The first-order valence-electron chi connectivity index (χ1n) is 10.4. The van der Waals surface area contributed by atoms with Crippen molar-refractivity contribution in [1.82, 2.24) is 19.8 Å². The number of aryl methyl sites for hydroxylation is 2. The fourth-order valence-corrected chi connectivity index (χ4v) is 4.81. The summed E-state index contributed by atoms with van der Waals surface area (Å²) in [6.07, 6.45) is 2.49. The van der Waals surface area contributed by atoms with E-state index in [1.165, 1.54) is 28.2 Å². The monoisotopic (exact) mass is 420 g/mol. The number of aliphatic hydroxyl groups excluding tert-OH is 1. The Morgan fingerprint density at radius 2 is 1.93 bits per heavy atom. The summed E-state index contributed by atoms with van der Waals surface area (Å²) in [5.41, 5.74) is 6.99. The molecule has 30 heavy (non-hydrogen) atoms. The van der Waals surface area contributed by atoms with E-state index in [-0.39, 0.29) is 18.7 Å². The largest absolute Gasteiger partial charge is 0.396 e. The third kappa shape index (κ3) is 3.73. The molecule has 3 aromatic rings. The van der Waals surface area contributed by atoms with Crippen molar-refractivity contribution in [3.63, 3.8) is 0 Å². The number of benzene rings is 1. The molecule has 0 spiro atoms. The van der Waals surface area contributed by atoms with Crippen molar-refractivity contribution in [3.05, 3.63) is 82.9 Å². The number of rotatable bonds is 6. The van der Waals surface area contributed by atoms with Crippen molar-refractivity contribution in [2.45, 2.75) is 39.3 Å². The summed E-state index contributed by atoms with van der Waals surface area (Å²) >= 11 is 5.70. The SMILES string of the molecule is Cc1cccc(-n2c(C)cc([C@@H]3[C@@H](c4ccccn4)NC(=S)N3CCCO)c2C)c1. The minimum Gasteiger partial charge on any atom is -0.396 e. The van der Waals surface area contributed by atoms with Gasteiger partial charge in [-0.25, -0.2) is 0 Å². The Bertz CT molecular complexity index is 1050. The number of hydrogen-bond acceptors (Lipinski definition) is 3. The van der Waals surface area contributed by atoms with E-state index in [1.54, 1.807) is 0 Å². The lowest BCUT2D eigenvalue weighted by Gasteiger charge is -2.28. The van der Waals surface area contributed by atoms with Gasteiger partial charge >= 0.3 is 0 Å². The van der Waals surface area contributed by atoms with Gasteiger partial charge in [-0.15, -0.1) is 0 Å². The maximum atomic E-state index is 9.42. The molecule has 1 fully saturated rings. The summed E-state index contributed by atoms with van der Waals surface area (Å²) in [5, 5.41) is 13.6. The van der Waals surface area contributed by atoms with Crippen LogP contribution in [-0.2, 0) is 0 Å². The molecule has 6 heteroatoms. The molecule has 0 bridgehead atoms. The zero-order valence-corrected chi connectivity index (χ0v) is 18.5. The van der Waals surface area contributed by atoms with E-state index in [9.17, 15) is 5.11 Å². The second-order valence-electron chi connectivity index (χ2n) is 7.90. The minimum absolute atomic E-state index is 0.0173. The molecule has 156 valence electrons. The summed E-state index contributed by atoms with van der Waals surface area (Å²) in [4.78, 5) is 6.81. The molecular formula is C24H28N4OS. The first kappa shape index (κ1) is 20.6. The van der Waals surface area contributed by atoms with Gasteiger partial charge in [-0.2, -0.15) is 0 Å². The van der Waals surface area contributed by atoms with E-state index in [4.69, 9.17) is 12.2 Å². The summed E-state index contributed by atoms with van der Waals surface area (Å²) in [7, 11) is 0. The Kier molecular flexibility index (Phi) is 5.88. The van der Waals surface area contributed by atoms with Crippen LogP contribution in [0.1, 0.15) is 46.7 Å². The van der Waals surface area contributed by atoms with Crippen molar-refractivity contribution in [2.24, 2.45) is 0 Å². The fourth-order valence-electron chi connectivity index (χ4n) is 4.48.